The van der Waals surface area contributed by atoms with Crippen LogP contribution in [0.1, 0.15) is 25.3 Å². The molecule has 140 valence electrons. The Labute approximate surface area is 151 Å². The standard InChI is InChI=1S/C15H20N6O4S/c1-3-4-9-16-14-13(21(22)23)15(18-10-17-14)19-20-26(24,25)12-7-5-11(2)6-8-12/h5-8,10,20H,3-4,9H2,1-2H3,(H2,16,17,18,19). The summed E-state index contributed by atoms with van der Waals surface area (Å²) in [5, 5.41) is 14.2. The van der Waals surface area contributed by atoms with E-state index in [0.29, 0.717) is 6.54 Å². The van der Waals surface area contributed by atoms with Crippen LogP contribution in [0.2, 0.25) is 0 Å². The minimum absolute atomic E-state index is 0.0219. The lowest BCUT2D eigenvalue weighted by atomic mass is 10.2. The number of aryl methyl sites for hydroxylation is 1. The molecule has 10 nitrogen and oxygen atoms in total. The molecule has 0 spiro atoms. The van der Waals surface area contributed by atoms with Gasteiger partial charge in [-0.15, -0.1) is 4.83 Å². The van der Waals surface area contributed by atoms with Crippen LogP contribution in [0.15, 0.2) is 35.5 Å². The molecule has 1 heterocycles. The number of sulfonamides is 1. The topological polar surface area (TPSA) is 139 Å². The number of aromatic nitrogens is 2. The van der Waals surface area contributed by atoms with Crippen LogP contribution in [0.3, 0.4) is 0 Å². The monoisotopic (exact) mass is 380 g/mol. The molecular weight excluding hydrogens is 360 g/mol. The van der Waals surface area contributed by atoms with Gasteiger partial charge in [0.1, 0.15) is 6.33 Å². The zero-order valence-corrected chi connectivity index (χ0v) is 15.2. The van der Waals surface area contributed by atoms with Crippen LogP contribution in [-0.4, -0.2) is 29.9 Å². The maximum absolute atomic E-state index is 12.3. The Morgan fingerprint density at radius 1 is 1.15 bits per heavy atom. The van der Waals surface area contributed by atoms with Gasteiger partial charge in [0, 0.05) is 6.54 Å². The van der Waals surface area contributed by atoms with E-state index in [9.17, 15) is 18.5 Å². The number of hydrogen-bond acceptors (Lipinski definition) is 8. The molecular formula is C15H20N6O4S. The van der Waals surface area contributed by atoms with Gasteiger partial charge in [-0.3, -0.25) is 15.5 Å². The van der Waals surface area contributed by atoms with Gasteiger partial charge in [0.15, 0.2) is 0 Å². The molecule has 11 heteroatoms. The van der Waals surface area contributed by atoms with Gasteiger partial charge in [-0.25, -0.2) is 18.4 Å². The normalized spacial score (nSPS) is 11.2. The van der Waals surface area contributed by atoms with E-state index in [1.54, 1.807) is 12.1 Å². The smallest absolute Gasteiger partial charge is 0.354 e. The molecule has 1 aromatic heterocycles. The van der Waals surface area contributed by atoms with Gasteiger partial charge in [0.25, 0.3) is 10.0 Å². The quantitative estimate of drug-likeness (QED) is 0.342. The lowest BCUT2D eigenvalue weighted by Crippen LogP contribution is -2.30. The molecule has 0 bridgehead atoms. The van der Waals surface area contributed by atoms with Crippen LogP contribution < -0.4 is 15.6 Å². The SMILES string of the molecule is CCCCNc1ncnc(NNS(=O)(=O)c2ccc(C)cc2)c1[N+](=O)[O-]. The molecule has 0 unspecified atom stereocenters. The molecule has 0 aliphatic heterocycles. The summed E-state index contributed by atoms with van der Waals surface area (Å²) in [5.74, 6) is -0.227. The molecule has 0 aliphatic rings. The first kappa shape index (κ1) is 19.5. The number of hydrogen-bond donors (Lipinski definition) is 3. The van der Waals surface area contributed by atoms with Crippen LogP contribution in [0.4, 0.5) is 17.3 Å². The van der Waals surface area contributed by atoms with Crippen LogP contribution in [-0.2, 0) is 10.0 Å². The van der Waals surface area contributed by atoms with Crippen molar-refractivity contribution in [3.05, 3.63) is 46.3 Å². The average Bonchev–Trinajstić information content (AvgIpc) is 2.60. The van der Waals surface area contributed by atoms with Crippen molar-refractivity contribution < 1.29 is 13.3 Å². The summed E-state index contributed by atoms with van der Waals surface area (Å²) in [7, 11) is -3.92. The second kappa shape index (κ2) is 8.54. The summed E-state index contributed by atoms with van der Waals surface area (Å²) < 4.78 is 24.6. The summed E-state index contributed by atoms with van der Waals surface area (Å²) in [4.78, 5) is 20.5. The molecule has 0 aliphatic carbocycles. The molecule has 0 atom stereocenters. The van der Waals surface area contributed by atoms with Gasteiger partial charge >= 0.3 is 5.69 Å². The van der Waals surface area contributed by atoms with Crippen molar-refractivity contribution in [3.63, 3.8) is 0 Å². The molecule has 0 saturated heterocycles. The van der Waals surface area contributed by atoms with E-state index < -0.39 is 20.6 Å². The maximum Gasteiger partial charge on any atom is 0.354 e. The second-order valence-electron chi connectivity index (χ2n) is 5.50. The Morgan fingerprint density at radius 2 is 1.81 bits per heavy atom. The number of hydrazine groups is 1. The molecule has 3 N–H and O–H groups in total. The Hall–Kier alpha value is -2.79. The van der Waals surface area contributed by atoms with Crippen molar-refractivity contribution >= 4 is 27.3 Å². The molecule has 2 aromatic rings. The fourth-order valence-corrected chi connectivity index (χ4v) is 2.89. The van der Waals surface area contributed by atoms with Crippen LogP contribution in [0.5, 0.6) is 0 Å². The number of unbranched alkanes of at least 4 members (excludes halogenated alkanes) is 1. The number of nitrogens with one attached hydrogen (secondary N) is 3. The van der Waals surface area contributed by atoms with Crippen molar-refractivity contribution in [3.8, 4) is 0 Å². The Bertz CT molecular complexity index is 870. The van der Waals surface area contributed by atoms with Gasteiger partial charge in [-0.2, -0.15) is 0 Å². The number of anilines is 2. The Balaban J connectivity index is 2.21. The van der Waals surface area contributed by atoms with Crippen molar-refractivity contribution in [2.75, 3.05) is 17.3 Å². The summed E-state index contributed by atoms with van der Waals surface area (Å²) in [6.07, 6.45) is 2.83. The fraction of sp³-hybridized carbons (Fsp3) is 0.333. The lowest BCUT2D eigenvalue weighted by molar-refractivity contribution is -0.383. The van der Waals surface area contributed by atoms with E-state index in [2.05, 4.69) is 25.5 Å². The zero-order valence-electron chi connectivity index (χ0n) is 14.4. The fourth-order valence-electron chi connectivity index (χ4n) is 2.05. The highest BCUT2D eigenvalue weighted by molar-refractivity contribution is 7.89. The predicted octanol–water partition coefficient (Wildman–Crippen LogP) is 2.21. The van der Waals surface area contributed by atoms with Gasteiger partial charge in [0.2, 0.25) is 11.6 Å². The molecule has 0 fully saturated rings. The molecule has 0 saturated carbocycles. The van der Waals surface area contributed by atoms with Crippen LogP contribution in [0, 0.1) is 17.0 Å². The minimum Gasteiger partial charge on any atom is -0.364 e. The highest BCUT2D eigenvalue weighted by Gasteiger charge is 2.24. The predicted molar refractivity (Wildman–Crippen MR) is 97.2 cm³/mol. The summed E-state index contributed by atoms with van der Waals surface area (Å²) >= 11 is 0. The third-order valence-electron chi connectivity index (χ3n) is 3.46. The third kappa shape index (κ3) is 4.86. The van der Waals surface area contributed by atoms with E-state index in [-0.39, 0.29) is 16.5 Å². The van der Waals surface area contributed by atoms with Gasteiger partial charge in [-0.05, 0) is 25.5 Å². The number of nitrogens with zero attached hydrogens (tertiary/aromatic N) is 3. The van der Waals surface area contributed by atoms with E-state index in [4.69, 9.17) is 0 Å². The van der Waals surface area contributed by atoms with Gasteiger partial charge in [-0.1, -0.05) is 31.0 Å². The maximum atomic E-state index is 12.3. The van der Waals surface area contributed by atoms with E-state index in [0.717, 1.165) is 24.7 Å². The van der Waals surface area contributed by atoms with Crippen molar-refractivity contribution in [2.45, 2.75) is 31.6 Å². The molecule has 26 heavy (non-hydrogen) atoms. The lowest BCUT2D eigenvalue weighted by Gasteiger charge is -2.11. The summed E-state index contributed by atoms with van der Waals surface area (Å²) in [5.41, 5.74) is 2.78. The molecule has 0 radical (unpaired) electrons. The third-order valence-corrected chi connectivity index (χ3v) is 4.73. The van der Waals surface area contributed by atoms with E-state index in [1.165, 1.54) is 12.1 Å². The van der Waals surface area contributed by atoms with Crippen LogP contribution >= 0.6 is 0 Å². The van der Waals surface area contributed by atoms with Crippen LogP contribution in [0.25, 0.3) is 0 Å². The molecule has 0 amide bonds. The van der Waals surface area contributed by atoms with E-state index in [1.807, 2.05) is 13.8 Å². The Kier molecular flexibility index (Phi) is 6.41. The van der Waals surface area contributed by atoms with Gasteiger partial charge in [0.05, 0.1) is 9.82 Å². The van der Waals surface area contributed by atoms with Gasteiger partial charge < -0.3 is 5.32 Å². The number of nitro groups is 1. The largest absolute Gasteiger partial charge is 0.364 e. The first-order valence-electron chi connectivity index (χ1n) is 7.93. The average molecular weight is 380 g/mol. The number of rotatable bonds is 9. The first-order chi connectivity index (χ1) is 12.3. The molecule has 2 rings (SSSR count). The summed E-state index contributed by atoms with van der Waals surface area (Å²) in [6, 6.07) is 6.17. The summed E-state index contributed by atoms with van der Waals surface area (Å²) in [6.45, 7) is 4.32. The first-order valence-corrected chi connectivity index (χ1v) is 9.41. The highest BCUT2D eigenvalue weighted by Crippen LogP contribution is 2.28. The van der Waals surface area contributed by atoms with E-state index >= 15 is 0 Å². The zero-order chi connectivity index (χ0) is 19.2. The highest BCUT2D eigenvalue weighted by atomic mass is 32.2. The number of benzene rings is 1. The van der Waals surface area contributed by atoms with Crippen molar-refractivity contribution in [1.82, 2.24) is 14.8 Å². The second-order valence-corrected chi connectivity index (χ2v) is 7.18. The van der Waals surface area contributed by atoms with Crippen molar-refractivity contribution in [1.29, 1.82) is 0 Å². The molecule has 1 aromatic carbocycles. The van der Waals surface area contributed by atoms with Crippen molar-refractivity contribution in [2.24, 2.45) is 0 Å². The minimum atomic E-state index is -3.92. The Morgan fingerprint density at radius 3 is 2.42 bits per heavy atom.